The summed E-state index contributed by atoms with van der Waals surface area (Å²) in [6, 6.07) is 3.51. The van der Waals surface area contributed by atoms with E-state index >= 15 is 0 Å². The van der Waals surface area contributed by atoms with E-state index in [1.54, 1.807) is 19.1 Å². The van der Waals surface area contributed by atoms with Gasteiger partial charge in [0, 0.05) is 5.56 Å². The fourth-order valence-corrected chi connectivity index (χ4v) is 1.96. The van der Waals surface area contributed by atoms with Crippen molar-refractivity contribution in [3.8, 4) is 5.75 Å². The van der Waals surface area contributed by atoms with Crippen molar-refractivity contribution in [2.45, 2.75) is 32.8 Å². The molecule has 0 bridgehead atoms. The van der Waals surface area contributed by atoms with Gasteiger partial charge in [-0.25, -0.2) is 4.79 Å². The molecule has 1 aromatic carbocycles. The van der Waals surface area contributed by atoms with Crippen LogP contribution in [-0.4, -0.2) is 24.8 Å². The molecule has 0 aliphatic carbocycles. The number of benzene rings is 1. The third kappa shape index (κ3) is 3.61. The predicted octanol–water partition coefficient (Wildman–Crippen LogP) is 3.07. The number of hydrogen-bond acceptors (Lipinski definition) is 4. The monoisotopic (exact) mass is 286 g/mol. The van der Waals surface area contributed by atoms with Gasteiger partial charge in [-0.05, 0) is 24.5 Å². The van der Waals surface area contributed by atoms with Gasteiger partial charge in [-0.2, -0.15) is 0 Å². The Balaban J connectivity index is 3.25. The molecule has 0 aliphatic heterocycles. The Hall–Kier alpha value is -1.26. The maximum absolute atomic E-state index is 11.6. The molecular formula is C14H19ClO4. The maximum atomic E-state index is 11.6. The van der Waals surface area contributed by atoms with Crippen LogP contribution in [0.5, 0.6) is 5.75 Å². The molecule has 1 rings (SSSR count). The molecule has 0 spiro atoms. The zero-order valence-electron chi connectivity index (χ0n) is 11.6. The van der Waals surface area contributed by atoms with Crippen molar-refractivity contribution >= 4 is 17.6 Å². The quantitative estimate of drug-likeness (QED) is 0.845. The molecule has 5 heteroatoms. The van der Waals surface area contributed by atoms with Gasteiger partial charge in [0.05, 0.1) is 18.7 Å². The minimum absolute atomic E-state index is 0.203. The normalized spacial score (nSPS) is 12.4. The molecule has 0 amide bonds. The summed E-state index contributed by atoms with van der Waals surface area (Å²) in [6.07, 6.45) is -1.40. The lowest BCUT2D eigenvalue weighted by Gasteiger charge is -2.17. The van der Waals surface area contributed by atoms with Crippen LogP contribution in [0.15, 0.2) is 12.1 Å². The van der Waals surface area contributed by atoms with Gasteiger partial charge < -0.3 is 14.6 Å². The van der Waals surface area contributed by atoms with Crippen LogP contribution in [0.3, 0.4) is 0 Å². The lowest BCUT2D eigenvalue weighted by molar-refractivity contribution is -0.153. The minimum Gasteiger partial charge on any atom is -0.495 e. The third-order valence-electron chi connectivity index (χ3n) is 2.78. The molecule has 1 N–H and O–H groups in total. The molecule has 0 aliphatic rings. The SMILES string of the molecule is CCOC(=O)C(O)c1cc(C(C)C)cc(OC)c1Cl. The minimum atomic E-state index is -1.40. The van der Waals surface area contributed by atoms with Crippen molar-refractivity contribution in [2.24, 2.45) is 0 Å². The maximum Gasteiger partial charge on any atom is 0.339 e. The summed E-state index contributed by atoms with van der Waals surface area (Å²) in [5, 5.41) is 10.2. The fourth-order valence-electron chi connectivity index (χ4n) is 1.67. The van der Waals surface area contributed by atoms with Gasteiger partial charge in [-0.1, -0.05) is 31.5 Å². The van der Waals surface area contributed by atoms with Gasteiger partial charge in [-0.15, -0.1) is 0 Å². The highest BCUT2D eigenvalue weighted by Gasteiger charge is 2.24. The van der Waals surface area contributed by atoms with E-state index in [4.69, 9.17) is 21.1 Å². The predicted molar refractivity (Wildman–Crippen MR) is 73.7 cm³/mol. The molecule has 1 atom stereocenters. The molecule has 1 aromatic rings. The number of aliphatic hydroxyl groups is 1. The molecule has 1 unspecified atom stereocenters. The molecule has 0 heterocycles. The number of carbonyl (C=O) groups excluding carboxylic acids is 1. The van der Waals surface area contributed by atoms with E-state index < -0.39 is 12.1 Å². The number of hydrogen-bond donors (Lipinski definition) is 1. The van der Waals surface area contributed by atoms with E-state index in [2.05, 4.69) is 0 Å². The van der Waals surface area contributed by atoms with E-state index in [9.17, 15) is 9.90 Å². The second kappa shape index (κ2) is 6.78. The summed E-state index contributed by atoms with van der Waals surface area (Å²) in [7, 11) is 1.49. The highest BCUT2D eigenvalue weighted by molar-refractivity contribution is 6.33. The number of esters is 1. The van der Waals surface area contributed by atoms with E-state index in [1.165, 1.54) is 7.11 Å². The second-order valence-corrected chi connectivity index (χ2v) is 4.81. The molecule has 0 saturated carbocycles. The number of rotatable bonds is 5. The molecule has 0 saturated heterocycles. The molecular weight excluding hydrogens is 268 g/mol. The van der Waals surface area contributed by atoms with Gasteiger partial charge in [0.25, 0.3) is 0 Å². The number of aliphatic hydroxyl groups excluding tert-OH is 1. The Morgan fingerprint density at radius 3 is 2.53 bits per heavy atom. The zero-order chi connectivity index (χ0) is 14.6. The third-order valence-corrected chi connectivity index (χ3v) is 3.19. The number of ether oxygens (including phenoxy) is 2. The topological polar surface area (TPSA) is 55.8 Å². The first-order valence-corrected chi connectivity index (χ1v) is 6.52. The first-order chi connectivity index (χ1) is 8.92. The Morgan fingerprint density at radius 1 is 1.42 bits per heavy atom. The average molecular weight is 287 g/mol. The van der Waals surface area contributed by atoms with Crippen LogP contribution in [-0.2, 0) is 9.53 Å². The molecule has 19 heavy (non-hydrogen) atoms. The van der Waals surface area contributed by atoms with Crippen molar-refractivity contribution in [2.75, 3.05) is 13.7 Å². The first kappa shape index (κ1) is 15.8. The van der Waals surface area contributed by atoms with Crippen molar-refractivity contribution in [3.05, 3.63) is 28.3 Å². The summed E-state index contributed by atoms with van der Waals surface area (Å²) < 4.78 is 9.97. The second-order valence-electron chi connectivity index (χ2n) is 4.44. The lowest BCUT2D eigenvalue weighted by Crippen LogP contribution is -2.16. The Bertz CT molecular complexity index is 457. The van der Waals surface area contributed by atoms with Gasteiger partial charge in [0.2, 0.25) is 0 Å². The number of methoxy groups -OCH3 is 1. The van der Waals surface area contributed by atoms with Crippen LogP contribution in [0.4, 0.5) is 0 Å². The summed E-state index contributed by atoms with van der Waals surface area (Å²) in [5.74, 6) is -0.0575. The molecule has 0 fully saturated rings. The van der Waals surface area contributed by atoms with E-state index in [1.807, 2.05) is 13.8 Å². The van der Waals surface area contributed by atoms with Crippen LogP contribution in [0.2, 0.25) is 5.02 Å². The van der Waals surface area contributed by atoms with Crippen molar-refractivity contribution < 1.29 is 19.4 Å². The van der Waals surface area contributed by atoms with Crippen molar-refractivity contribution in [3.63, 3.8) is 0 Å². The van der Waals surface area contributed by atoms with Crippen LogP contribution >= 0.6 is 11.6 Å². The Kier molecular flexibility index (Phi) is 5.63. The van der Waals surface area contributed by atoms with Crippen LogP contribution in [0.1, 0.15) is 43.9 Å². The summed E-state index contributed by atoms with van der Waals surface area (Å²) >= 11 is 6.13. The van der Waals surface area contributed by atoms with E-state index in [-0.39, 0.29) is 17.5 Å². The highest BCUT2D eigenvalue weighted by atomic mass is 35.5. The van der Waals surface area contributed by atoms with Crippen LogP contribution in [0, 0.1) is 0 Å². The summed E-state index contributed by atoms with van der Waals surface area (Å²) in [5.41, 5.74) is 1.24. The summed E-state index contributed by atoms with van der Waals surface area (Å²) in [6.45, 7) is 5.89. The van der Waals surface area contributed by atoms with Crippen LogP contribution in [0.25, 0.3) is 0 Å². The lowest BCUT2D eigenvalue weighted by atomic mass is 9.98. The highest BCUT2D eigenvalue weighted by Crippen LogP contribution is 2.36. The van der Waals surface area contributed by atoms with Crippen LogP contribution < -0.4 is 4.74 Å². The van der Waals surface area contributed by atoms with E-state index in [0.717, 1.165) is 5.56 Å². The largest absolute Gasteiger partial charge is 0.495 e. The molecule has 106 valence electrons. The number of carbonyl (C=O) groups is 1. The Labute approximate surface area is 118 Å². The summed E-state index contributed by atoms with van der Waals surface area (Å²) in [4.78, 5) is 11.6. The smallest absolute Gasteiger partial charge is 0.339 e. The average Bonchev–Trinajstić information content (AvgIpc) is 2.38. The number of halogens is 1. The molecule has 4 nitrogen and oxygen atoms in total. The van der Waals surface area contributed by atoms with Gasteiger partial charge >= 0.3 is 5.97 Å². The van der Waals surface area contributed by atoms with E-state index in [0.29, 0.717) is 11.3 Å². The Morgan fingerprint density at radius 2 is 2.05 bits per heavy atom. The van der Waals surface area contributed by atoms with Crippen molar-refractivity contribution in [1.29, 1.82) is 0 Å². The van der Waals surface area contributed by atoms with Gasteiger partial charge in [0.15, 0.2) is 6.10 Å². The zero-order valence-corrected chi connectivity index (χ0v) is 12.3. The molecule has 0 aromatic heterocycles. The fraction of sp³-hybridized carbons (Fsp3) is 0.500. The standard InChI is InChI=1S/C14H19ClO4/c1-5-19-14(17)13(16)10-6-9(8(2)3)7-11(18-4)12(10)15/h6-8,13,16H,5H2,1-4H3. The molecule has 0 radical (unpaired) electrons. The first-order valence-electron chi connectivity index (χ1n) is 6.14. The van der Waals surface area contributed by atoms with Gasteiger partial charge in [-0.3, -0.25) is 0 Å². The van der Waals surface area contributed by atoms with Gasteiger partial charge in [0.1, 0.15) is 5.75 Å². The van der Waals surface area contributed by atoms with Crippen molar-refractivity contribution in [1.82, 2.24) is 0 Å².